The molecule has 0 fully saturated rings. The second kappa shape index (κ2) is 4.11. The number of rotatable bonds is 4. The molecule has 4 heteroatoms. The van der Waals surface area contributed by atoms with Crippen LogP contribution >= 0.6 is 0 Å². The van der Waals surface area contributed by atoms with Crippen LogP contribution in [0.1, 0.15) is 31.3 Å². The Bertz CT molecular complexity index is 283. The highest BCUT2D eigenvalue weighted by Gasteiger charge is 2.10. The molecule has 1 aromatic heterocycles. The molecule has 0 aliphatic carbocycles. The van der Waals surface area contributed by atoms with Crippen LogP contribution in [0.25, 0.3) is 0 Å². The molecule has 12 heavy (non-hydrogen) atoms. The zero-order valence-electron chi connectivity index (χ0n) is 7.00. The molecule has 0 saturated heterocycles. The van der Waals surface area contributed by atoms with E-state index in [1.165, 1.54) is 0 Å². The van der Waals surface area contributed by atoms with Crippen molar-refractivity contribution < 1.29 is 13.9 Å². The van der Waals surface area contributed by atoms with Crippen LogP contribution in [0.4, 0.5) is 0 Å². The van der Waals surface area contributed by atoms with E-state index in [9.17, 15) is 4.79 Å². The van der Waals surface area contributed by atoms with Crippen molar-refractivity contribution >= 4 is 0 Å². The Morgan fingerprint density at radius 1 is 1.33 bits per heavy atom. The van der Waals surface area contributed by atoms with Gasteiger partial charge in [0.1, 0.15) is 6.61 Å². The lowest BCUT2D eigenvalue weighted by Gasteiger charge is -1.93. The summed E-state index contributed by atoms with van der Waals surface area (Å²) in [5.74, 6) is 0.00273. The molecule has 0 saturated carbocycles. The first-order valence-corrected chi connectivity index (χ1v) is 4.00. The minimum absolute atomic E-state index is 0.258. The molecule has 0 atom stereocenters. The first-order chi connectivity index (χ1) is 5.77. The Morgan fingerprint density at radius 2 is 2.00 bits per heavy atom. The number of hydrogen-bond acceptors (Lipinski definition) is 4. The van der Waals surface area contributed by atoms with Gasteiger partial charge in [-0.3, -0.25) is 0 Å². The SMILES string of the molecule is CCCCc1oc(=O)oc1CO. The molecule has 0 aliphatic heterocycles. The fourth-order valence-electron chi connectivity index (χ4n) is 0.984. The van der Waals surface area contributed by atoms with Gasteiger partial charge in [0.2, 0.25) is 0 Å². The number of unbranched alkanes of at least 4 members (excludes halogenated alkanes) is 1. The van der Waals surface area contributed by atoms with Crippen molar-refractivity contribution in [3.8, 4) is 0 Å². The van der Waals surface area contributed by atoms with Gasteiger partial charge in [0.15, 0.2) is 11.5 Å². The second-order valence-electron chi connectivity index (χ2n) is 2.56. The maximum Gasteiger partial charge on any atom is 0.519 e. The van der Waals surface area contributed by atoms with Gasteiger partial charge in [-0.15, -0.1) is 0 Å². The van der Waals surface area contributed by atoms with Gasteiger partial charge < -0.3 is 13.9 Å². The number of aryl methyl sites for hydroxylation is 1. The normalized spacial score (nSPS) is 10.5. The fraction of sp³-hybridized carbons (Fsp3) is 0.625. The molecular formula is C8H12O4. The summed E-state index contributed by atoms with van der Waals surface area (Å²) in [6.45, 7) is 1.77. The zero-order valence-corrected chi connectivity index (χ0v) is 7.00. The lowest BCUT2D eigenvalue weighted by molar-refractivity contribution is 0.240. The molecule has 0 spiro atoms. The predicted octanol–water partition coefficient (Wildman–Crippen LogP) is 1.07. The smallest absolute Gasteiger partial charge is 0.396 e. The van der Waals surface area contributed by atoms with Crippen molar-refractivity contribution in [2.24, 2.45) is 0 Å². The summed E-state index contributed by atoms with van der Waals surface area (Å²) < 4.78 is 9.31. The molecule has 1 N–H and O–H groups in total. The van der Waals surface area contributed by atoms with Gasteiger partial charge in [-0.2, -0.15) is 0 Å². The van der Waals surface area contributed by atoms with Gasteiger partial charge >= 0.3 is 5.82 Å². The molecule has 1 aromatic rings. The Balaban J connectivity index is 2.75. The van der Waals surface area contributed by atoms with Crippen molar-refractivity contribution in [1.82, 2.24) is 0 Å². The van der Waals surface area contributed by atoms with Gasteiger partial charge in [0, 0.05) is 6.42 Å². The van der Waals surface area contributed by atoms with E-state index in [-0.39, 0.29) is 12.4 Å². The van der Waals surface area contributed by atoms with E-state index in [1.807, 2.05) is 6.92 Å². The summed E-state index contributed by atoms with van der Waals surface area (Å²) in [5.41, 5.74) is 0. The monoisotopic (exact) mass is 172 g/mol. The number of aliphatic hydroxyl groups excluding tert-OH is 1. The Morgan fingerprint density at radius 3 is 2.58 bits per heavy atom. The van der Waals surface area contributed by atoms with E-state index in [0.29, 0.717) is 12.2 Å². The first-order valence-electron chi connectivity index (χ1n) is 4.00. The van der Waals surface area contributed by atoms with Gasteiger partial charge in [-0.05, 0) is 6.42 Å². The van der Waals surface area contributed by atoms with Crippen LogP contribution in [0.15, 0.2) is 13.6 Å². The van der Waals surface area contributed by atoms with Crippen LogP contribution in [0.5, 0.6) is 0 Å². The van der Waals surface area contributed by atoms with Crippen LogP contribution in [0.3, 0.4) is 0 Å². The van der Waals surface area contributed by atoms with E-state index in [0.717, 1.165) is 12.8 Å². The largest absolute Gasteiger partial charge is 0.519 e. The molecule has 68 valence electrons. The Labute approximate surface area is 69.8 Å². The topological polar surface area (TPSA) is 63.6 Å². The van der Waals surface area contributed by atoms with E-state index < -0.39 is 5.82 Å². The summed E-state index contributed by atoms with van der Waals surface area (Å²) in [5, 5.41) is 8.74. The lowest BCUT2D eigenvalue weighted by Crippen LogP contribution is -1.88. The van der Waals surface area contributed by atoms with Crippen LogP contribution < -0.4 is 5.82 Å². The van der Waals surface area contributed by atoms with E-state index in [2.05, 4.69) is 4.42 Å². The van der Waals surface area contributed by atoms with Crippen molar-refractivity contribution in [1.29, 1.82) is 0 Å². The van der Waals surface area contributed by atoms with Crippen molar-refractivity contribution in [3.05, 3.63) is 22.1 Å². The number of hydrogen-bond donors (Lipinski definition) is 1. The van der Waals surface area contributed by atoms with E-state index in [1.54, 1.807) is 0 Å². The predicted molar refractivity (Wildman–Crippen MR) is 41.8 cm³/mol. The van der Waals surface area contributed by atoms with Crippen LogP contribution in [-0.2, 0) is 13.0 Å². The van der Waals surface area contributed by atoms with E-state index in [4.69, 9.17) is 9.52 Å². The molecule has 0 aromatic carbocycles. The zero-order chi connectivity index (χ0) is 8.97. The molecule has 0 bridgehead atoms. The molecule has 1 rings (SSSR count). The summed E-state index contributed by atoms with van der Waals surface area (Å²) in [7, 11) is 0. The van der Waals surface area contributed by atoms with Crippen LogP contribution in [-0.4, -0.2) is 5.11 Å². The third kappa shape index (κ3) is 1.98. The molecule has 0 amide bonds. The maximum absolute atomic E-state index is 10.6. The van der Waals surface area contributed by atoms with E-state index >= 15 is 0 Å². The van der Waals surface area contributed by atoms with Gasteiger partial charge in [0.05, 0.1) is 0 Å². The highest BCUT2D eigenvalue weighted by atomic mass is 16.6. The highest BCUT2D eigenvalue weighted by molar-refractivity contribution is 5.01. The summed E-state index contributed by atoms with van der Waals surface area (Å²) in [4.78, 5) is 10.6. The summed E-state index contributed by atoms with van der Waals surface area (Å²) in [6, 6.07) is 0. The standard InChI is InChI=1S/C8H12O4/c1-2-3-4-6-7(5-9)12-8(10)11-6/h9H,2-5H2,1H3. The maximum atomic E-state index is 10.6. The third-order valence-corrected chi connectivity index (χ3v) is 1.63. The van der Waals surface area contributed by atoms with Crippen LogP contribution in [0.2, 0.25) is 0 Å². The Kier molecular flexibility index (Phi) is 3.10. The number of aliphatic hydroxyl groups is 1. The average Bonchev–Trinajstić information content (AvgIpc) is 2.42. The molecule has 0 unspecified atom stereocenters. The molecule has 4 nitrogen and oxygen atoms in total. The minimum Gasteiger partial charge on any atom is -0.396 e. The lowest BCUT2D eigenvalue weighted by atomic mass is 10.2. The highest BCUT2D eigenvalue weighted by Crippen LogP contribution is 2.09. The quantitative estimate of drug-likeness (QED) is 0.737. The van der Waals surface area contributed by atoms with Crippen molar-refractivity contribution in [2.45, 2.75) is 32.8 Å². The average molecular weight is 172 g/mol. The minimum atomic E-state index is -0.731. The van der Waals surface area contributed by atoms with Gasteiger partial charge in [-0.25, -0.2) is 4.79 Å². The second-order valence-corrected chi connectivity index (χ2v) is 2.56. The van der Waals surface area contributed by atoms with Crippen LogP contribution in [0, 0.1) is 0 Å². The van der Waals surface area contributed by atoms with Gasteiger partial charge in [-0.1, -0.05) is 13.3 Å². The summed E-state index contributed by atoms with van der Waals surface area (Å²) in [6.07, 6.45) is 2.59. The summed E-state index contributed by atoms with van der Waals surface area (Å²) >= 11 is 0. The third-order valence-electron chi connectivity index (χ3n) is 1.63. The van der Waals surface area contributed by atoms with Crippen molar-refractivity contribution in [3.63, 3.8) is 0 Å². The fourth-order valence-corrected chi connectivity index (χ4v) is 0.984. The molecular weight excluding hydrogens is 160 g/mol. The van der Waals surface area contributed by atoms with Crippen molar-refractivity contribution in [2.75, 3.05) is 0 Å². The molecule has 0 radical (unpaired) electrons. The molecule has 1 heterocycles. The Hall–Kier alpha value is -1.03. The van der Waals surface area contributed by atoms with Gasteiger partial charge in [0.25, 0.3) is 0 Å². The first kappa shape index (κ1) is 9.06. The molecule has 0 aliphatic rings.